The Hall–Kier alpha value is -3.51. The summed E-state index contributed by atoms with van der Waals surface area (Å²) in [5, 5.41) is 14.7. The van der Waals surface area contributed by atoms with E-state index in [2.05, 4.69) is 20.8 Å². The molecule has 0 spiro atoms. The highest BCUT2D eigenvalue weighted by molar-refractivity contribution is 5.92. The van der Waals surface area contributed by atoms with Gasteiger partial charge in [0.1, 0.15) is 5.69 Å². The van der Waals surface area contributed by atoms with Crippen LogP contribution >= 0.6 is 0 Å². The molecule has 0 saturated heterocycles. The first-order valence-electron chi connectivity index (χ1n) is 14.6. The summed E-state index contributed by atoms with van der Waals surface area (Å²) in [6, 6.07) is 2.37. The fraction of sp³-hybridized carbons (Fsp3) is 0.621. The smallest absolute Gasteiger partial charge is 0.270 e. The third-order valence-corrected chi connectivity index (χ3v) is 8.75. The Morgan fingerprint density at radius 1 is 1.02 bits per heavy atom. The molecule has 13 heteroatoms. The van der Waals surface area contributed by atoms with E-state index in [1.54, 1.807) is 39.9 Å². The minimum absolute atomic E-state index is 0.0499. The minimum atomic E-state index is -2.76. The lowest BCUT2D eigenvalue weighted by atomic mass is 9.81. The summed E-state index contributed by atoms with van der Waals surface area (Å²) in [6.07, 6.45) is 6.14. The Balaban J connectivity index is 1.25. The second-order valence-corrected chi connectivity index (χ2v) is 12.4. The fourth-order valence-corrected chi connectivity index (χ4v) is 6.03. The lowest BCUT2D eigenvalue weighted by Gasteiger charge is -2.33. The van der Waals surface area contributed by atoms with E-state index in [1.165, 1.54) is 0 Å². The third kappa shape index (κ3) is 6.00. The number of rotatable bonds is 10. The summed E-state index contributed by atoms with van der Waals surface area (Å²) in [4.78, 5) is 30.7. The van der Waals surface area contributed by atoms with Gasteiger partial charge in [0.2, 0.25) is 11.8 Å². The van der Waals surface area contributed by atoms with Gasteiger partial charge in [-0.1, -0.05) is 0 Å². The number of fused-ring (bicyclic) bond motifs is 1. The van der Waals surface area contributed by atoms with Gasteiger partial charge in [-0.15, -0.1) is 0 Å². The fourth-order valence-electron chi connectivity index (χ4n) is 6.03. The van der Waals surface area contributed by atoms with Gasteiger partial charge in [-0.3, -0.25) is 14.3 Å². The first kappa shape index (κ1) is 28.6. The third-order valence-electron chi connectivity index (χ3n) is 8.75. The number of hydrogen-bond donors (Lipinski definition) is 2. The average molecular weight is 590 g/mol. The van der Waals surface area contributed by atoms with E-state index < -0.39 is 29.7 Å². The van der Waals surface area contributed by atoms with Crippen molar-refractivity contribution in [3.05, 3.63) is 47.7 Å². The molecule has 3 aromatic rings. The maximum absolute atomic E-state index is 14.0. The summed E-state index contributed by atoms with van der Waals surface area (Å²) in [5.74, 6) is -7.23. The zero-order valence-corrected chi connectivity index (χ0v) is 23.6. The number of aromatic nitrogens is 5. The first-order chi connectivity index (χ1) is 19.9. The van der Waals surface area contributed by atoms with E-state index in [0.29, 0.717) is 17.0 Å². The molecule has 226 valence electrons. The number of hydrogen-bond acceptors (Lipinski definition) is 5. The number of imidazole rings is 1. The van der Waals surface area contributed by atoms with Gasteiger partial charge < -0.3 is 10.6 Å². The predicted molar refractivity (Wildman–Crippen MR) is 144 cm³/mol. The monoisotopic (exact) mass is 589 g/mol. The Morgan fingerprint density at radius 2 is 1.71 bits per heavy atom. The lowest BCUT2D eigenvalue weighted by molar-refractivity contribution is -0.123. The van der Waals surface area contributed by atoms with Crippen LogP contribution in [0, 0.1) is 17.8 Å². The Labute approximate surface area is 240 Å². The van der Waals surface area contributed by atoms with Crippen molar-refractivity contribution in [3.63, 3.8) is 0 Å². The number of alkyl halides is 4. The summed E-state index contributed by atoms with van der Waals surface area (Å²) in [7, 11) is 0. The molecule has 0 radical (unpaired) electrons. The van der Waals surface area contributed by atoms with Crippen molar-refractivity contribution in [2.24, 2.45) is 17.8 Å². The van der Waals surface area contributed by atoms with E-state index in [-0.39, 0.29) is 68.4 Å². The molecule has 1 unspecified atom stereocenters. The number of amides is 2. The molecule has 2 N–H and O–H groups in total. The maximum atomic E-state index is 14.0. The lowest BCUT2D eigenvalue weighted by Crippen LogP contribution is -2.38. The topological polar surface area (TPSA) is 106 Å². The molecule has 42 heavy (non-hydrogen) atoms. The number of halogens is 4. The molecule has 3 atom stereocenters. The Bertz CT molecular complexity index is 1470. The normalized spacial score (nSPS) is 23.1. The summed E-state index contributed by atoms with van der Waals surface area (Å²) in [5.41, 5.74) is 2.06. The number of carbonyl (C=O) groups excluding carboxylic acids is 2. The van der Waals surface area contributed by atoms with E-state index in [0.717, 1.165) is 18.4 Å². The van der Waals surface area contributed by atoms with Gasteiger partial charge in [0, 0.05) is 43.8 Å². The van der Waals surface area contributed by atoms with Crippen molar-refractivity contribution in [2.75, 3.05) is 0 Å². The molecule has 3 aromatic heterocycles. The molecule has 3 aliphatic carbocycles. The van der Waals surface area contributed by atoms with Crippen LogP contribution in [0.25, 0.3) is 5.65 Å². The SMILES string of the molecule is CC(C)n1nccc1C(=O)N[C@H](c1cn2ncc(C(NC(=O)C[C@H]3CC3(F)F)C3CC3)cc2n1)C1CCC(F)(F)CC1. The van der Waals surface area contributed by atoms with Crippen molar-refractivity contribution in [1.82, 2.24) is 35.0 Å². The minimum Gasteiger partial charge on any atom is -0.349 e. The van der Waals surface area contributed by atoms with E-state index >= 15 is 0 Å². The van der Waals surface area contributed by atoms with Crippen LogP contribution in [0.5, 0.6) is 0 Å². The molecule has 0 aliphatic heterocycles. The highest BCUT2D eigenvalue weighted by Gasteiger charge is 2.57. The molecule has 3 aliphatic rings. The Morgan fingerprint density at radius 3 is 2.36 bits per heavy atom. The van der Waals surface area contributed by atoms with Crippen LogP contribution in [0.15, 0.2) is 30.7 Å². The highest BCUT2D eigenvalue weighted by atomic mass is 19.3. The quantitative estimate of drug-likeness (QED) is 0.308. The van der Waals surface area contributed by atoms with Crippen molar-refractivity contribution in [2.45, 2.75) is 95.2 Å². The largest absolute Gasteiger partial charge is 0.349 e. The molecule has 2 amide bonds. The van der Waals surface area contributed by atoms with Gasteiger partial charge in [0.25, 0.3) is 11.8 Å². The average Bonchev–Trinajstić information content (AvgIpc) is 3.72. The number of nitrogens with one attached hydrogen (secondary N) is 2. The van der Waals surface area contributed by atoms with Gasteiger partial charge >= 0.3 is 0 Å². The first-order valence-corrected chi connectivity index (χ1v) is 14.6. The summed E-state index contributed by atoms with van der Waals surface area (Å²) < 4.78 is 57.9. The van der Waals surface area contributed by atoms with Gasteiger partial charge in [-0.2, -0.15) is 10.2 Å². The van der Waals surface area contributed by atoms with E-state index in [1.807, 2.05) is 13.8 Å². The molecular weight excluding hydrogens is 554 g/mol. The Kier molecular flexibility index (Phi) is 7.25. The summed E-state index contributed by atoms with van der Waals surface area (Å²) >= 11 is 0. The van der Waals surface area contributed by atoms with Crippen molar-refractivity contribution in [3.8, 4) is 0 Å². The van der Waals surface area contributed by atoms with E-state index in [4.69, 9.17) is 4.98 Å². The maximum Gasteiger partial charge on any atom is 0.270 e. The standard InChI is InChI=1S/C29H35F4N7O2/c1-16(2)40-22(7-10-34-40)27(42)38-26(18-5-8-28(30,31)9-6-18)21-15-39-23(36-21)11-19(14-35-39)25(17-3-4-17)37-24(41)12-20-13-29(20,32)33/h7,10-11,14-18,20,25-26H,3-6,8-9,12-13H2,1-2H3,(H,37,41)(H,38,42)/t20-,25?,26-/m0/s1. The van der Waals surface area contributed by atoms with Gasteiger partial charge in [0.15, 0.2) is 5.65 Å². The predicted octanol–water partition coefficient (Wildman–Crippen LogP) is 5.42. The van der Waals surface area contributed by atoms with Crippen LogP contribution in [0.2, 0.25) is 0 Å². The van der Waals surface area contributed by atoms with Crippen LogP contribution < -0.4 is 10.6 Å². The van der Waals surface area contributed by atoms with Crippen LogP contribution in [-0.4, -0.2) is 48.0 Å². The molecule has 3 fully saturated rings. The molecule has 9 nitrogen and oxygen atoms in total. The van der Waals surface area contributed by atoms with Crippen LogP contribution in [-0.2, 0) is 4.79 Å². The second kappa shape index (κ2) is 10.6. The van der Waals surface area contributed by atoms with Gasteiger partial charge in [-0.05, 0) is 69.1 Å². The zero-order valence-electron chi connectivity index (χ0n) is 23.6. The van der Waals surface area contributed by atoms with Crippen LogP contribution in [0.3, 0.4) is 0 Å². The van der Waals surface area contributed by atoms with Gasteiger partial charge in [0.05, 0.1) is 30.2 Å². The van der Waals surface area contributed by atoms with Gasteiger partial charge in [-0.25, -0.2) is 27.1 Å². The molecule has 0 bridgehead atoms. The molecule has 6 rings (SSSR count). The van der Waals surface area contributed by atoms with Crippen LogP contribution in [0.1, 0.15) is 105 Å². The highest BCUT2D eigenvalue weighted by Crippen LogP contribution is 2.51. The summed E-state index contributed by atoms with van der Waals surface area (Å²) in [6.45, 7) is 3.82. The van der Waals surface area contributed by atoms with Crippen LogP contribution in [0.4, 0.5) is 17.6 Å². The number of nitrogens with zero attached hydrogens (tertiary/aromatic N) is 5. The second-order valence-electron chi connectivity index (χ2n) is 12.4. The number of carbonyl (C=O) groups is 2. The molecular formula is C29H35F4N7O2. The van der Waals surface area contributed by atoms with Crippen molar-refractivity contribution < 1.29 is 27.2 Å². The molecule has 0 aromatic carbocycles. The van der Waals surface area contributed by atoms with Crippen molar-refractivity contribution >= 4 is 17.5 Å². The zero-order chi connectivity index (χ0) is 29.8. The van der Waals surface area contributed by atoms with E-state index in [9.17, 15) is 27.2 Å². The molecule has 3 heterocycles. The molecule has 3 saturated carbocycles. The van der Waals surface area contributed by atoms with Crippen molar-refractivity contribution in [1.29, 1.82) is 0 Å².